The molecule has 0 spiro atoms. The van der Waals surface area contributed by atoms with Crippen LogP contribution in [-0.2, 0) is 4.74 Å². The standard InChI is InChI=1S/C20H22N6O3/c1-20(2,3)29-19(27)24-11-16(12-24)25-10-15(8-22-25)13-5-17(28-4)18-14(6-21)7-23-26(18)9-13/h5,7-10,16H,11-12H2,1-4H3. The number of methoxy groups -OCH3 is 1. The largest absolute Gasteiger partial charge is 0.494 e. The zero-order chi connectivity index (χ0) is 20.8. The van der Waals surface area contributed by atoms with Crippen molar-refractivity contribution >= 4 is 11.6 Å². The molecule has 29 heavy (non-hydrogen) atoms. The average molecular weight is 394 g/mol. The molecule has 1 aliphatic heterocycles. The summed E-state index contributed by atoms with van der Waals surface area (Å²) in [7, 11) is 1.57. The van der Waals surface area contributed by atoms with E-state index in [4.69, 9.17) is 9.47 Å². The molecule has 1 aliphatic rings. The first kappa shape index (κ1) is 18.8. The third kappa shape index (κ3) is 3.49. The number of ether oxygens (including phenoxy) is 2. The fraction of sp³-hybridized carbons (Fsp3) is 0.400. The van der Waals surface area contributed by atoms with Crippen LogP contribution >= 0.6 is 0 Å². The molecule has 0 unspecified atom stereocenters. The van der Waals surface area contributed by atoms with Gasteiger partial charge in [-0.3, -0.25) is 4.68 Å². The molecule has 150 valence electrons. The van der Waals surface area contributed by atoms with Crippen molar-refractivity contribution < 1.29 is 14.3 Å². The van der Waals surface area contributed by atoms with Crippen molar-refractivity contribution in [1.82, 2.24) is 24.3 Å². The number of rotatable bonds is 3. The minimum atomic E-state index is -0.503. The number of hydrogen-bond donors (Lipinski definition) is 0. The van der Waals surface area contributed by atoms with Crippen LogP contribution in [0.5, 0.6) is 5.75 Å². The summed E-state index contributed by atoms with van der Waals surface area (Å²) in [5.41, 5.74) is 2.36. The van der Waals surface area contributed by atoms with Gasteiger partial charge in [-0.1, -0.05) is 0 Å². The van der Waals surface area contributed by atoms with Crippen LogP contribution < -0.4 is 4.74 Å². The third-order valence-electron chi connectivity index (χ3n) is 4.74. The first-order valence-corrected chi connectivity index (χ1v) is 9.27. The van der Waals surface area contributed by atoms with E-state index in [0.29, 0.717) is 29.9 Å². The van der Waals surface area contributed by atoms with E-state index in [2.05, 4.69) is 16.3 Å². The number of carbonyl (C=O) groups is 1. The maximum absolute atomic E-state index is 12.1. The van der Waals surface area contributed by atoms with Gasteiger partial charge in [0.2, 0.25) is 0 Å². The summed E-state index contributed by atoms with van der Waals surface area (Å²) in [6.45, 7) is 6.68. The Morgan fingerprint density at radius 1 is 1.21 bits per heavy atom. The molecule has 3 aromatic rings. The van der Waals surface area contributed by atoms with Crippen LogP contribution in [0.1, 0.15) is 32.4 Å². The second-order valence-electron chi connectivity index (χ2n) is 8.01. The Morgan fingerprint density at radius 2 is 1.97 bits per heavy atom. The Morgan fingerprint density at radius 3 is 2.62 bits per heavy atom. The highest BCUT2D eigenvalue weighted by atomic mass is 16.6. The Bertz CT molecular complexity index is 1110. The van der Waals surface area contributed by atoms with Crippen molar-refractivity contribution in [2.24, 2.45) is 0 Å². The van der Waals surface area contributed by atoms with Gasteiger partial charge in [-0.15, -0.1) is 0 Å². The average Bonchev–Trinajstić information content (AvgIpc) is 3.24. The van der Waals surface area contributed by atoms with Crippen molar-refractivity contribution in [3.05, 3.63) is 36.4 Å². The molecule has 0 aliphatic carbocycles. The Balaban J connectivity index is 1.52. The highest BCUT2D eigenvalue weighted by Crippen LogP contribution is 2.31. The number of hydrogen-bond acceptors (Lipinski definition) is 6. The van der Waals surface area contributed by atoms with E-state index in [1.807, 2.05) is 43.9 Å². The quantitative estimate of drug-likeness (QED) is 0.677. The lowest BCUT2D eigenvalue weighted by molar-refractivity contribution is -0.000382. The maximum Gasteiger partial charge on any atom is 0.410 e. The highest BCUT2D eigenvalue weighted by molar-refractivity contribution is 5.75. The zero-order valence-corrected chi connectivity index (χ0v) is 16.8. The summed E-state index contributed by atoms with van der Waals surface area (Å²) in [5, 5.41) is 17.9. The third-order valence-corrected chi connectivity index (χ3v) is 4.74. The molecular weight excluding hydrogens is 372 g/mol. The molecule has 1 amide bonds. The Labute approximate surface area is 168 Å². The van der Waals surface area contributed by atoms with Crippen LogP contribution in [0.3, 0.4) is 0 Å². The first-order chi connectivity index (χ1) is 13.8. The molecule has 3 aromatic heterocycles. The fourth-order valence-electron chi connectivity index (χ4n) is 3.26. The van der Waals surface area contributed by atoms with E-state index < -0.39 is 5.60 Å². The van der Waals surface area contributed by atoms with Crippen molar-refractivity contribution in [3.8, 4) is 22.9 Å². The topological polar surface area (TPSA) is 97.7 Å². The van der Waals surface area contributed by atoms with Gasteiger partial charge in [0.1, 0.15) is 28.5 Å². The van der Waals surface area contributed by atoms with Gasteiger partial charge >= 0.3 is 6.09 Å². The van der Waals surface area contributed by atoms with Gasteiger partial charge in [-0.25, -0.2) is 9.31 Å². The molecule has 0 N–H and O–H groups in total. The second-order valence-corrected chi connectivity index (χ2v) is 8.01. The molecule has 1 fully saturated rings. The SMILES string of the molecule is COc1cc(-c2cnn(C3CN(C(=O)OC(C)(C)C)C3)c2)cn2ncc(C#N)c12. The minimum absolute atomic E-state index is 0.108. The normalized spacial score (nSPS) is 14.5. The number of aromatic nitrogens is 4. The highest BCUT2D eigenvalue weighted by Gasteiger charge is 2.35. The zero-order valence-electron chi connectivity index (χ0n) is 16.8. The number of pyridine rings is 1. The van der Waals surface area contributed by atoms with E-state index in [0.717, 1.165) is 11.1 Å². The van der Waals surface area contributed by atoms with Crippen molar-refractivity contribution in [3.63, 3.8) is 0 Å². The maximum atomic E-state index is 12.1. The lowest BCUT2D eigenvalue weighted by atomic mass is 10.1. The summed E-state index contributed by atoms with van der Waals surface area (Å²) in [6, 6.07) is 4.10. The molecule has 0 radical (unpaired) electrons. The van der Waals surface area contributed by atoms with Gasteiger partial charge in [-0.2, -0.15) is 15.5 Å². The summed E-state index contributed by atoms with van der Waals surface area (Å²) in [6.07, 6.45) is 6.76. The van der Waals surface area contributed by atoms with Gasteiger partial charge in [0.05, 0.1) is 25.5 Å². The van der Waals surface area contributed by atoms with Crippen LogP contribution in [0.2, 0.25) is 0 Å². The van der Waals surface area contributed by atoms with Crippen LogP contribution in [0.15, 0.2) is 30.9 Å². The molecule has 9 heteroatoms. The van der Waals surface area contributed by atoms with Crippen LogP contribution in [-0.4, -0.2) is 56.2 Å². The van der Waals surface area contributed by atoms with E-state index in [-0.39, 0.29) is 12.1 Å². The number of amides is 1. The second kappa shape index (κ2) is 6.81. The molecule has 4 rings (SSSR count). The summed E-state index contributed by atoms with van der Waals surface area (Å²) >= 11 is 0. The van der Waals surface area contributed by atoms with Crippen LogP contribution in [0.25, 0.3) is 16.6 Å². The number of carbonyl (C=O) groups excluding carboxylic acids is 1. The molecule has 9 nitrogen and oxygen atoms in total. The number of nitriles is 1. The summed E-state index contributed by atoms with van der Waals surface area (Å²) in [4.78, 5) is 13.8. The predicted molar refractivity (Wildman–Crippen MR) is 105 cm³/mol. The van der Waals surface area contributed by atoms with Gasteiger partial charge in [-0.05, 0) is 26.8 Å². The fourth-order valence-corrected chi connectivity index (χ4v) is 3.26. The number of nitrogens with zero attached hydrogens (tertiary/aromatic N) is 6. The van der Waals surface area contributed by atoms with Crippen molar-refractivity contribution in [1.29, 1.82) is 5.26 Å². The van der Waals surface area contributed by atoms with Crippen LogP contribution in [0.4, 0.5) is 4.79 Å². The lowest BCUT2D eigenvalue weighted by Crippen LogP contribution is -2.52. The first-order valence-electron chi connectivity index (χ1n) is 9.27. The van der Waals surface area contributed by atoms with Crippen molar-refractivity contribution in [2.45, 2.75) is 32.4 Å². The Hall–Kier alpha value is -3.54. The molecule has 0 saturated carbocycles. The molecule has 0 aromatic carbocycles. The monoisotopic (exact) mass is 394 g/mol. The molecule has 0 atom stereocenters. The molecule has 1 saturated heterocycles. The summed E-state index contributed by atoms with van der Waals surface area (Å²) in [5.74, 6) is 0.573. The smallest absolute Gasteiger partial charge is 0.410 e. The molecular formula is C20H22N6O3. The van der Waals surface area contributed by atoms with E-state index in [9.17, 15) is 10.1 Å². The Kier molecular flexibility index (Phi) is 4.42. The van der Waals surface area contributed by atoms with Gasteiger partial charge < -0.3 is 14.4 Å². The number of fused-ring (bicyclic) bond motifs is 1. The summed E-state index contributed by atoms with van der Waals surface area (Å²) < 4.78 is 14.3. The number of likely N-dealkylation sites (tertiary alicyclic amines) is 1. The van der Waals surface area contributed by atoms with Crippen LogP contribution in [0, 0.1) is 11.3 Å². The van der Waals surface area contributed by atoms with Gasteiger partial charge in [0.15, 0.2) is 0 Å². The lowest BCUT2D eigenvalue weighted by Gasteiger charge is -2.39. The van der Waals surface area contributed by atoms with E-state index >= 15 is 0 Å². The predicted octanol–water partition coefficient (Wildman–Crippen LogP) is 2.87. The minimum Gasteiger partial charge on any atom is -0.494 e. The van der Waals surface area contributed by atoms with Gasteiger partial charge in [0, 0.05) is 36.6 Å². The van der Waals surface area contributed by atoms with E-state index in [1.165, 1.54) is 6.20 Å². The molecule has 0 bridgehead atoms. The van der Waals surface area contributed by atoms with Crippen molar-refractivity contribution in [2.75, 3.05) is 20.2 Å². The van der Waals surface area contributed by atoms with Gasteiger partial charge in [0.25, 0.3) is 0 Å². The molecule has 4 heterocycles. The van der Waals surface area contributed by atoms with E-state index in [1.54, 1.807) is 22.7 Å².